The number of halogens is 3. The Balaban J connectivity index is 2.02. The minimum absolute atomic E-state index is 0.0631. The third kappa shape index (κ3) is 4.49. The number of amides is 1. The summed E-state index contributed by atoms with van der Waals surface area (Å²) in [7, 11) is 0. The van der Waals surface area contributed by atoms with Gasteiger partial charge >= 0.3 is 12.1 Å². The standard InChI is InChI=1S/C17H20F3NO3/c1-11(12-4-2-6-14(9-12)17(18,19)20)8-15(22)21-7-3-5-13(10-21)16(23)24/h2,4,6,9,11,13H,3,5,7-8,10H2,1H3,(H,23,24)/t11-,13-/m0/s1. The van der Waals surface area contributed by atoms with Gasteiger partial charge in [-0.1, -0.05) is 25.1 Å². The number of carboxylic acid groups (broad SMARTS) is 1. The van der Waals surface area contributed by atoms with Crippen molar-refractivity contribution in [3.05, 3.63) is 35.4 Å². The molecule has 1 saturated heterocycles. The normalized spacial score (nSPS) is 19.8. The lowest BCUT2D eigenvalue weighted by molar-refractivity contribution is -0.145. The first-order valence-electron chi connectivity index (χ1n) is 7.86. The number of nitrogens with zero attached hydrogens (tertiary/aromatic N) is 1. The van der Waals surface area contributed by atoms with Crippen LogP contribution in [-0.2, 0) is 15.8 Å². The average molecular weight is 343 g/mol. The number of carboxylic acids is 1. The van der Waals surface area contributed by atoms with Crippen LogP contribution in [-0.4, -0.2) is 35.0 Å². The highest BCUT2D eigenvalue weighted by molar-refractivity contribution is 5.78. The Morgan fingerprint density at radius 1 is 1.38 bits per heavy atom. The Bertz CT molecular complexity index is 615. The lowest BCUT2D eigenvalue weighted by Gasteiger charge is -2.31. The van der Waals surface area contributed by atoms with E-state index in [1.165, 1.54) is 11.0 Å². The molecule has 1 N–H and O–H groups in total. The summed E-state index contributed by atoms with van der Waals surface area (Å²) >= 11 is 0. The monoisotopic (exact) mass is 343 g/mol. The number of hydrogen-bond donors (Lipinski definition) is 1. The first-order valence-corrected chi connectivity index (χ1v) is 7.86. The third-order valence-electron chi connectivity index (χ3n) is 4.39. The quantitative estimate of drug-likeness (QED) is 0.910. The molecule has 1 fully saturated rings. The zero-order chi connectivity index (χ0) is 17.9. The van der Waals surface area contributed by atoms with Crippen LogP contribution in [0.1, 0.15) is 43.2 Å². The molecule has 1 aromatic rings. The molecular weight excluding hydrogens is 323 g/mol. The van der Waals surface area contributed by atoms with E-state index in [-0.39, 0.29) is 24.8 Å². The Labute approximate surface area is 138 Å². The van der Waals surface area contributed by atoms with Crippen LogP contribution < -0.4 is 0 Å². The molecule has 24 heavy (non-hydrogen) atoms. The van der Waals surface area contributed by atoms with Crippen LogP contribution in [0.4, 0.5) is 13.2 Å². The maximum Gasteiger partial charge on any atom is 0.416 e. The van der Waals surface area contributed by atoms with Gasteiger partial charge in [0.1, 0.15) is 0 Å². The molecule has 0 aliphatic carbocycles. The maximum atomic E-state index is 12.8. The van der Waals surface area contributed by atoms with E-state index in [1.54, 1.807) is 13.0 Å². The Morgan fingerprint density at radius 2 is 2.08 bits per heavy atom. The molecule has 1 aliphatic rings. The fourth-order valence-electron chi connectivity index (χ4n) is 2.94. The first-order chi connectivity index (χ1) is 11.2. The minimum Gasteiger partial charge on any atom is -0.481 e. The molecule has 132 valence electrons. The second-order valence-electron chi connectivity index (χ2n) is 6.25. The molecule has 0 aromatic heterocycles. The lowest BCUT2D eigenvalue weighted by atomic mass is 9.93. The summed E-state index contributed by atoms with van der Waals surface area (Å²) < 4.78 is 38.3. The van der Waals surface area contributed by atoms with Crippen molar-refractivity contribution >= 4 is 11.9 Å². The molecule has 1 aromatic carbocycles. The molecule has 0 radical (unpaired) electrons. The van der Waals surface area contributed by atoms with E-state index in [0.717, 1.165) is 12.1 Å². The van der Waals surface area contributed by atoms with Crippen molar-refractivity contribution in [2.45, 2.75) is 38.3 Å². The highest BCUT2D eigenvalue weighted by atomic mass is 19.4. The molecule has 1 aliphatic heterocycles. The summed E-state index contributed by atoms with van der Waals surface area (Å²) in [5.41, 5.74) is -0.284. The summed E-state index contributed by atoms with van der Waals surface area (Å²) in [5, 5.41) is 9.06. The van der Waals surface area contributed by atoms with Crippen LogP contribution in [0, 0.1) is 5.92 Å². The van der Waals surface area contributed by atoms with E-state index in [2.05, 4.69) is 0 Å². The second kappa shape index (κ2) is 7.23. The van der Waals surface area contributed by atoms with Gasteiger partial charge in [0, 0.05) is 19.5 Å². The van der Waals surface area contributed by atoms with E-state index >= 15 is 0 Å². The summed E-state index contributed by atoms with van der Waals surface area (Å²) in [6.07, 6.45) is -3.18. The van der Waals surface area contributed by atoms with Crippen molar-refractivity contribution in [3.63, 3.8) is 0 Å². The molecule has 2 rings (SSSR count). The van der Waals surface area contributed by atoms with Crippen molar-refractivity contribution < 1.29 is 27.9 Å². The van der Waals surface area contributed by atoms with Crippen LogP contribution in [0.15, 0.2) is 24.3 Å². The van der Waals surface area contributed by atoms with Crippen LogP contribution in [0.25, 0.3) is 0 Å². The van der Waals surface area contributed by atoms with E-state index in [0.29, 0.717) is 24.9 Å². The van der Waals surface area contributed by atoms with Gasteiger partial charge in [-0.2, -0.15) is 13.2 Å². The number of likely N-dealkylation sites (tertiary alicyclic amines) is 1. The van der Waals surface area contributed by atoms with Crippen LogP contribution in [0.5, 0.6) is 0 Å². The van der Waals surface area contributed by atoms with Gasteiger partial charge in [0.15, 0.2) is 0 Å². The van der Waals surface area contributed by atoms with Crippen LogP contribution in [0.2, 0.25) is 0 Å². The zero-order valence-electron chi connectivity index (χ0n) is 13.3. The summed E-state index contributed by atoms with van der Waals surface area (Å²) in [6, 6.07) is 4.97. The predicted octanol–water partition coefficient (Wildman–Crippen LogP) is 3.52. The van der Waals surface area contributed by atoms with Gasteiger partial charge in [0.2, 0.25) is 5.91 Å². The van der Waals surface area contributed by atoms with E-state index < -0.39 is 23.6 Å². The smallest absolute Gasteiger partial charge is 0.416 e. The van der Waals surface area contributed by atoms with Gasteiger partial charge in [-0.3, -0.25) is 9.59 Å². The van der Waals surface area contributed by atoms with E-state index in [9.17, 15) is 22.8 Å². The third-order valence-corrected chi connectivity index (χ3v) is 4.39. The van der Waals surface area contributed by atoms with Gasteiger partial charge in [0.25, 0.3) is 0 Å². The number of carbonyl (C=O) groups is 2. The van der Waals surface area contributed by atoms with Crippen molar-refractivity contribution in [1.29, 1.82) is 0 Å². The second-order valence-corrected chi connectivity index (χ2v) is 6.25. The number of benzene rings is 1. The van der Waals surface area contributed by atoms with Crippen molar-refractivity contribution in [3.8, 4) is 0 Å². The van der Waals surface area contributed by atoms with Crippen molar-refractivity contribution in [2.75, 3.05) is 13.1 Å². The van der Waals surface area contributed by atoms with Crippen molar-refractivity contribution in [2.24, 2.45) is 5.92 Å². The summed E-state index contributed by atoms with van der Waals surface area (Å²) in [6.45, 7) is 2.37. The fourth-order valence-corrected chi connectivity index (χ4v) is 2.94. The molecule has 1 heterocycles. The summed E-state index contributed by atoms with van der Waals surface area (Å²) in [4.78, 5) is 24.9. The number of alkyl halides is 3. The molecule has 2 atom stereocenters. The van der Waals surface area contributed by atoms with E-state index in [1.807, 2.05) is 0 Å². The molecular formula is C17H20F3NO3. The minimum atomic E-state index is -4.42. The zero-order valence-corrected chi connectivity index (χ0v) is 13.3. The van der Waals surface area contributed by atoms with Crippen molar-refractivity contribution in [1.82, 2.24) is 4.90 Å². The molecule has 0 saturated carbocycles. The molecule has 0 unspecified atom stereocenters. The maximum absolute atomic E-state index is 12.8. The van der Waals surface area contributed by atoms with Gasteiger partial charge in [-0.15, -0.1) is 0 Å². The highest BCUT2D eigenvalue weighted by Gasteiger charge is 2.31. The Hall–Kier alpha value is -2.05. The summed E-state index contributed by atoms with van der Waals surface area (Å²) in [5.74, 6) is -2.07. The first kappa shape index (κ1) is 18.3. The number of aliphatic carboxylic acids is 1. The molecule has 0 bridgehead atoms. The topological polar surface area (TPSA) is 57.6 Å². The largest absolute Gasteiger partial charge is 0.481 e. The Morgan fingerprint density at radius 3 is 2.71 bits per heavy atom. The van der Waals surface area contributed by atoms with Gasteiger partial charge in [-0.05, 0) is 30.4 Å². The number of rotatable bonds is 4. The van der Waals surface area contributed by atoms with Gasteiger partial charge in [-0.25, -0.2) is 0 Å². The van der Waals surface area contributed by atoms with Gasteiger partial charge < -0.3 is 10.0 Å². The average Bonchev–Trinajstić information content (AvgIpc) is 2.54. The fraction of sp³-hybridized carbons (Fsp3) is 0.529. The lowest BCUT2D eigenvalue weighted by Crippen LogP contribution is -2.42. The molecule has 0 spiro atoms. The van der Waals surface area contributed by atoms with Crippen LogP contribution >= 0.6 is 0 Å². The van der Waals surface area contributed by atoms with E-state index in [4.69, 9.17) is 5.11 Å². The molecule has 1 amide bonds. The van der Waals surface area contributed by atoms with Gasteiger partial charge in [0.05, 0.1) is 11.5 Å². The Kier molecular flexibility index (Phi) is 5.51. The van der Waals surface area contributed by atoms with Crippen LogP contribution in [0.3, 0.4) is 0 Å². The SMILES string of the molecule is C[C@@H](CC(=O)N1CCC[C@H](C(=O)O)C1)c1cccc(C(F)(F)F)c1. The number of piperidine rings is 1. The highest BCUT2D eigenvalue weighted by Crippen LogP contribution is 2.32. The molecule has 7 heteroatoms. The number of hydrogen-bond acceptors (Lipinski definition) is 2. The predicted molar refractivity (Wildman–Crippen MR) is 81.4 cm³/mol. The molecule has 4 nitrogen and oxygen atoms in total. The number of carbonyl (C=O) groups excluding carboxylic acids is 1.